The van der Waals surface area contributed by atoms with Crippen LogP contribution in [-0.4, -0.2) is 54.0 Å². The molecule has 2 unspecified atom stereocenters. The highest BCUT2D eigenvalue weighted by Crippen LogP contribution is 2.44. The van der Waals surface area contributed by atoms with E-state index in [-0.39, 0.29) is 19.5 Å². The minimum absolute atomic E-state index is 0.146. The Morgan fingerprint density at radius 2 is 1.73 bits per heavy atom. The number of anilines is 1. The van der Waals surface area contributed by atoms with Crippen LogP contribution in [0, 0.1) is 5.92 Å². The number of alkyl halides is 3. The smallest absolute Gasteiger partial charge is 0.417 e. The number of aliphatic carboxylic acids is 1. The van der Waals surface area contributed by atoms with E-state index in [1.165, 1.54) is 10.4 Å². The third kappa shape index (κ3) is 4.19. The number of halogens is 3. The number of hydrogen-bond donors (Lipinski definition) is 1. The molecule has 0 spiro atoms. The summed E-state index contributed by atoms with van der Waals surface area (Å²) >= 11 is 0. The highest BCUT2D eigenvalue weighted by molar-refractivity contribution is 7.89. The Morgan fingerprint density at radius 3 is 2.27 bits per heavy atom. The van der Waals surface area contributed by atoms with E-state index in [2.05, 4.69) is 4.98 Å². The van der Waals surface area contributed by atoms with E-state index in [0.29, 0.717) is 16.9 Å². The van der Waals surface area contributed by atoms with Crippen molar-refractivity contribution in [1.82, 2.24) is 9.29 Å². The zero-order chi connectivity index (χ0) is 24.1. The lowest BCUT2D eigenvalue weighted by atomic mass is 10.1. The van der Waals surface area contributed by atoms with Crippen molar-refractivity contribution < 1.29 is 31.5 Å². The number of rotatable bonds is 4. The van der Waals surface area contributed by atoms with E-state index >= 15 is 0 Å². The maximum Gasteiger partial charge on any atom is 0.417 e. The Labute approximate surface area is 189 Å². The first-order chi connectivity index (χ1) is 15.4. The fourth-order valence-corrected chi connectivity index (χ4v) is 7.59. The molecule has 0 bridgehead atoms. The molecular weight excluding hydrogens is 459 g/mol. The zero-order valence-electron chi connectivity index (χ0n) is 18.0. The van der Waals surface area contributed by atoms with E-state index < -0.39 is 51.0 Å². The van der Waals surface area contributed by atoms with Gasteiger partial charge in [-0.15, -0.1) is 0 Å². The number of carboxylic acids is 1. The molecule has 1 aliphatic heterocycles. The number of sulfonamides is 1. The minimum Gasteiger partial charge on any atom is -0.481 e. The summed E-state index contributed by atoms with van der Waals surface area (Å²) in [4.78, 5) is 17.6. The summed E-state index contributed by atoms with van der Waals surface area (Å²) in [5, 5.41) is 8.55. The molecule has 1 fully saturated rings. The third-order valence-corrected chi connectivity index (χ3v) is 8.87. The SMILES string of the molecule is C[C@@H]1CN(c2ccc(C(F)(F)F)cn2)C[C@H](C)N1S(=O)(=O)C1c2ccccc2CC1C(=O)O. The number of nitrogens with zero attached hydrogens (tertiary/aromatic N) is 3. The molecule has 4 atom stereocenters. The lowest BCUT2D eigenvalue weighted by Gasteiger charge is -2.45. The molecule has 0 amide bonds. The van der Waals surface area contributed by atoms with Crippen molar-refractivity contribution in [2.24, 2.45) is 5.92 Å². The Hall–Kier alpha value is -2.66. The number of aromatic nitrogens is 1. The molecule has 11 heteroatoms. The largest absolute Gasteiger partial charge is 0.481 e. The predicted octanol–water partition coefficient (Wildman–Crippen LogP) is 3.33. The minimum atomic E-state index is -4.49. The number of fused-ring (bicyclic) bond motifs is 1. The number of hydrogen-bond acceptors (Lipinski definition) is 5. The Balaban J connectivity index is 1.61. The van der Waals surface area contributed by atoms with Crippen molar-refractivity contribution in [3.05, 3.63) is 59.3 Å². The number of carboxylic acid groups (broad SMARTS) is 1. The summed E-state index contributed by atoms with van der Waals surface area (Å²) in [6, 6.07) is 8.03. The number of benzene rings is 1. The lowest BCUT2D eigenvalue weighted by molar-refractivity contribution is -0.141. The normalized spacial score (nSPS) is 26.3. The van der Waals surface area contributed by atoms with Crippen LogP contribution < -0.4 is 4.90 Å². The van der Waals surface area contributed by atoms with Gasteiger partial charge in [-0.25, -0.2) is 13.4 Å². The average molecular weight is 484 g/mol. The number of carbonyl (C=O) groups is 1. The van der Waals surface area contributed by atoms with Crippen LogP contribution in [0.25, 0.3) is 0 Å². The van der Waals surface area contributed by atoms with Gasteiger partial charge in [-0.1, -0.05) is 24.3 Å². The van der Waals surface area contributed by atoms with Crippen molar-refractivity contribution in [2.45, 2.75) is 43.8 Å². The summed E-state index contributed by atoms with van der Waals surface area (Å²) in [6.45, 7) is 3.85. The van der Waals surface area contributed by atoms with Gasteiger partial charge in [0, 0.05) is 31.4 Å². The van der Waals surface area contributed by atoms with Crippen molar-refractivity contribution in [2.75, 3.05) is 18.0 Å². The van der Waals surface area contributed by atoms with Crippen LogP contribution in [0.4, 0.5) is 19.0 Å². The molecule has 7 nitrogen and oxygen atoms in total. The molecule has 2 aromatic rings. The summed E-state index contributed by atoms with van der Waals surface area (Å²) in [6.07, 6.45) is -3.58. The molecular formula is C22H24F3N3O4S. The molecule has 4 rings (SSSR count). The van der Waals surface area contributed by atoms with Crippen LogP contribution >= 0.6 is 0 Å². The van der Waals surface area contributed by atoms with Gasteiger partial charge in [0.2, 0.25) is 10.0 Å². The molecule has 0 radical (unpaired) electrons. The first kappa shape index (κ1) is 23.5. The van der Waals surface area contributed by atoms with E-state index in [1.54, 1.807) is 43.0 Å². The van der Waals surface area contributed by atoms with Crippen LogP contribution in [0.1, 0.15) is 35.8 Å². The van der Waals surface area contributed by atoms with Crippen molar-refractivity contribution >= 4 is 21.8 Å². The molecule has 1 aromatic carbocycles. The van der Waals surface area contributed by atoms with Gasteiger partial charge in [-0.3, -0.25) is 4.79 Å². The van der Waals surface area contributed by atoms with Crippen LogP contribution in [-0.2, 0) is 27.4 Å². The summed E-state index contributed by atoms with van der Waals surface area (Å²) < 4.78 is 67.5. The molecule has 0 saturated carbocycles. The molecule has 2 aliphatic rings. The maximum atomic E-state index is 13.8. The second-order valence-electron chi connectivity index (χ2n) is 8.65. The molecule has 33 heavy (non-hydrogen) atoms. The van der Waals surface area contributed by atoms with Crippen molar-refractivity contribution in [3.63, 3.8) is 0 Å². The standard InChI is InChI=1S/C22H24F3N3O4S/c1-13-11-27(19-8-7-16(10-26-19)22(23,24)25)12-14(2)28(13)33(31,32)20-17-6-4-3-5-15(17)9-18(20)21(29)30/h3-8,10,13-14,18,20H,9,11-12H2,1-2H3,(H,29,30)/t13-,14+,18?,20?. The fourth-order valence-electron chi connectivity index (χ4n) is 5.01. The highest BCUT2D eigenvalue weighted by atomic mass is 32.2. The van der Waals surface area contributed by atoms with Gasteiger partial charge >= 0.3 is 12.1 Å². The molecule has 1 aromatic heterocycles. The summed E-state index contributed by atoms with van der Waals surface area (Å²) in [7, 11) is -4.04. The van der Waals surface area contributed by atoms with Crippen LogP contribution in [0.3, 0.4) is 0 Å². The summed E-state index contributed by atoms with van der Waals surface area (Å²) in [5.41, 5.74) is 0.371. The Bertz CT molecular complexity index is 1140. The van der Waals surface area contributed by atoms with Crippen LogP contribution in [0.2, 0.25) is 0 Å². The second-order valence-corrected chi connectivity index (χ2v) is 10.6. The predicted molar refractivity (Wildman–Crippen MR) is 115 cm³/mol. The topological polar surface area (TPSA) is 90.8 Å². The van der Waals surface area contributed by atoms with Gasteiger partial charge < -0.3 is 10.0 Å². The zero-order valence-corrected chi connectivity index (χ0v) is 18.8. The van der Waals surface area contributed by atoms with E-state index in [0.717, 1.165) is 12.3 Å². The van der Waals surface area contributed by atoms with Gasteiger partial charge in [0.15, 0.2) is 0 Å². The van der Waals surface area contributed by atoms with Crippen LogP contribution in [0.5, 0.6) is 0 Å². The van der Waals surface area contributed by atoms with Gasteiger partial charge in [0.25, 0.3) is 0 Å². The van der Waals surface area contributed by atoms with Gasteiger partial charge in [0.1, 0.15) is 11.1 Å². The van der Waals surface area contributed by atoms with E-state index in [4.69, 9.17) is 0 Å². The third-order valence-electron chi connectivity index (χ3n) is 6.34. The first-order valence-corrected chi connectivity index (χ1v) is 12.0. The quantitative estimate of drug-likeness (QED) is 0.718. The molecule has 1 aliphatic carbocycles. The molecule has 1 N–H and O–H groups in total. The highest BCUT2D eigenvalue weighted by Gasteiger charge is 2.50. The van der Waals surface area contributed by atoms with Gasteiger partial charge in [-0.05, 0) is 43.5 Å². The maximum absolute atomic E-state index is 13.8. The average Bonchev–Trinajstić information content (AvgIpc) is 3.13. The first-order valence-electron chi connectivity index (χ1n) is 10.5. The second kappa shape index (κ2) is 8.28. The Morgan fingerprint density at radius 1 is 1.09 bits per heavy atom. The summed E-state index contributed by atoms with van der Waals surface area (Å²) in [5.74, 6) is -1.91. The number of pyridine rings is 1. The van der Waals surface area contributed by atoms with Gasteiger partial charge in [0.05, 0.1) is 11.5 Å². The number of piperazine rings is 1. The molecule has 2 heterocycles. The monoisotopic (exact) mass is 483 g/mol. The fraction of sp³-hybridized carbons (Fsp3) is 0.455. The van der Waals surface area contributed by atoms with E-state index in [1.807, 2.05) is 0 Å². The van der Waals surface area contributed by atoms with E-state index in [9.17, 15) is 31.5 Å². The lowest BCUT2D eigenvalue weighted by Crippen LogP contribution is -2.59. The van der Waals surface area contributed by atoms with Crippen molar-refractivity contribution in [3.8, 4) is 0 Å². The van der Waals surface area contributed by atoms with Crippen molar-refractivity contribution in [1.29, 1.82) is 0 Å². The van der Waals surface area contributed by atoms with Gasteiger partial charge in [-0.2, -0.15) is 17.5 Å². The molecule has 178 valence electrons. The van der Waals surface area contributed by atoms with Crippen LogP contribution in [0.15, 0.2) is 42.6 Å². The Kier molecular flexibility index (Phi) is 5.90. The molecule has 1 saturated heterocycles.